The van der Waals surface area contributed by atoms with Crippen LogP contribution in [-0.4, -0.2) is 56.3 Å². The molecule has 4 aromatic rings. The van der Waals surface area contributed by atoms with Gasteiger partial charge in [0.2, 0.25) is 0 Å². The van der Waals surface area contributed by atoms with Crippen molar-refractivity contribution < 1.29 is 23.8 Å². The Morgan fingerprint density at radius 1 is 0.972 bits per heavy atom. The number of hydrogen-bond acceptors (Lipinski definition) is 9. The van der Waals surface area contributed by atoms with E-state index in [1.165, 1.54) is 11.8 Å². The number of aromatic nitrogens is 4. The quantitative estimate of drug-likeness (QED) is 0.269. The molecule has 1 fully saturated rings. The highest BCUT2D eigenvalue weighted by molar-refractivity contribution is 7.98. The first-order valence-electron chi connectivity index (χ1n) is 11.5. The van der Waals surface area contributed by atoms with Gasteiger partial charge in [-0.25, -0.2) is 14.6 Å². The molecule has 0 aliphatic carbocycles. The molecule has 184 valence electrons. The Balaban J connectivity index is 1.53. The summed E-state index contributed by atoms with van der Waals surface area (Å²) in [5.41, 5.74) is 2.12. The monoisotopic (exact) mass is 504 g/mol. The molecule has 0 radical (unpaired) electrons. The average molecular weight is 505 g/mol. The van der Waals surface area contributed by atoms with Gasteiger partial charge in [-0.2, -0.15) is 5.10 Å². The molecule has 9 nitrogen and oxygen atoms in total. The van der Waals surface area contributed by atoms with Crippen LogP contribution < -0.4 is 0 Å². The van der Waals surface area contributed by atoms with Crippen molar-refractivity contribution in [1.29, 1.82) is 0 Å². The third-order valence-electron chi connectivity index (χ3n) is 6.02. The number of imidazole rings is 1. The van der Waals surface area contributed by atoms with Crippen LogP contribution in [0, 0.1) is 0 Å². The predicted molar refractivity (Wildman–Crippen MR) is 133 cm³/mol. The molecule has 0 N–H and O–H groups in total. The van der Waals surface area contributed by atoms with Crippen molar-refractivity contribution in [3.05, 3.63) is 84.3 Å². The Kier molecular flexibility index (Phi) is 6.97. The molecule has 2 aromatic carbocycles. The highest BCUT2D eigenvalue weighted by atomic mass is 32.2. The summed E-state index contributed by atoms with van der Waals surface area (Å²) in [6.45, 7) is 1.93. The average Bonchev–Trinajstić information content (AvgIpc) is 3.50. The van der Waals surface area contributed by atoms with Crippen molar-refractivity contribution in [2.45, 2.75) is 42.9 Å². The van der Waals surface area contributed by atoms with E-state index in [1.54, 1.807) is 65.6 Å². The summed E-state index contributed by atoms with van der Waals surface area (Å²) >= 11 is 1.43. The highest BCUT2D eigenvalue weighted by Crippen LogP contribution is 2.38. The van der Waals surface area contributed by atoms with E-state index in [2.05, 4.69) is 15.2 Å². The van der Waals surface area contributed by atoms with Crippen molar-refractivity contribution in [3.8, 4) is 0 Å². The summed E-state index contributed by atoms with van der Waals surface area (Å²) in [6.07, 6.45) is 2.55. The lowest BCUT2D eigenvalue weighted by atomic mass is 10.1. The topological polar surface area (TPSA) is 105 Å². The van der Waals surface area contributed by atoms with Crippen LogP contribution in [0.4, 0.5) is 0 Å². The zero-order valence-corrected chi connectivity index (χ0v) is 20.5. The van der Waals surface area contributed by atoms with Crippen molar-refractivity contribution in [2.24, 2.45) is 0 Å². The molecule has 10 heteroatoms. The van der Waals surface area contributed by atoms with Crippen LogP contribution in [-0.2, 0) is 14.2 Å². The van der Waals surface area contributed by atoms with Crippen LogP contribution in [0.1, 0.15) is 40.3 Å². The number of esters is 2. The second kappa shape index (κ2) is 10.5. The van der Waals surface area contributed by atoms with Crippen molar-refractivity contribution in [1.82, 2.24) is 19.7 Å². The highest BCUT2D eigenvalue weighted by Gasteiger charge is 2.50. The van der Waals surface area contributed by atoms with Crippen LogP contribution in [0.25, 0.3) is 11.0 Å². The number of carbonyl (C=O) groups excluding carboxylic acids is 2. The first kappa shape index (κ1) is 24.0. The Morgan fingerprint density at radius 3 is 2.17 bits per heavy atom. The molecule has 2 aromatic heterocycles. The smallest absolute Gasteiger partial charge is 0.338 e. The fraction of sp³-hybridized carbons (Fsp3) is 0.269. The third-order valence-corrected chi connectivity index (χ3v) is 6.69. The zero-order chi connectivity index (χ0) is 25.1. The fourth-order valence-corrected chi connectivity index (χ4v) is 4.73. The van der Waals surface area contributed by atoms with Gasteiger partial charge in [0.05, 0.1) is 29.2 Å². The molecule has 1 saturated heterocycles. The van der Waals surface area contributed by atoms with E-state index in [1.807, 2.05) is 25.3 Å². The van der Waals surface area contributed by atoms with Gasteiger partial charge in [0.15, 0.2) is 18.4 Å². The molecular formula is C26H24N4O5S. The molecule has 0 saturated carbocycles. The Hall–Kier alpha value is -3.76. The number of benzene rings is 2. The van der Waals surface area contributed by atoms with Gasteiger partial charge in [-0.15, -0.1) is 16.9 Å². The Morgan fingerprint density at radius 2 is 1.58 bits per heavy atom. The van der Waals surface area contributed by atoms with E-state index >= 15 is 0 Å². The Bertz CT molecular complexity index is 1360. The minimum absolute atomic E-state index is 0.385. The summed E-state index contributed by atoms with van der Waals surface area (Å²) in [4.78, 5) is 30.6. The molecular weight excluding hydrogens is 480 g/mol. The van der Waals surface area contributed by atoms with Crippen LogP contribution in [0.5, 0.6) is 0 Å². The lowest BCUT2D eigenvalue weighted by Gasteiger charge is -2.25. The number of thioether (sulfide) groups is 1. The van der Waals surface area contributed by atoms with Gasteiger partial charge in [0.25, 0.3) is 0 Å². The second-order valence-electron chi connectivity index (χ2n) is 8.18. The number of nitrogens with zero attached hydrogens (tertiary/aromatic N) is 4. The molecule has 4 atom stereocenters. The van der Waals surface area contributed by atoms with Gasteiger partial charge in [0, 0.05) is 0 Å². The predicted octanol–water partition coefficient (Wildman–Crippen LogP) is 4.31. The second-order valence-corrected chi connectivity index (χ2v) is 8.98. The number of rotatable bonds is 7. The molecule has 0 spiro atoms. The van der Waals surface area contributed by atoms with Crippen molar-refractivity contribution in [3.63, 3.8) is 0 Å². The molecule has 4 unspecified atom stereocenters. The van der Waals surface area contributed by atoms with Crippen molar-refractivity contribution in [2.75, 3.05) is 6.26 Å². The van der Waals surface area contributed by atoms with E-state index in [0.29, 0.717) is 33.6 Å². The molecule has 5 rings (SSSR count). The number of hydrogen-bond donors (Lipinski definition) is 0. The first-order chi connectivity index (χ1) is 17.6. The molecule has 0 amide bonds. The standard InChI is InChI=1S/C26H24N4O5S/c1-3-19-21(34-25(31)16-10-6-4-7-11-16)22(35-26(32)17-12-8-5-9-13-17)24(33-19)30-15-27-20-18(30)14-28-29-23(20)36-2/h4-15,19,21-22,24H,3H2,1-2H3. The summed E-state index contributed by atoms with van der Waals surface area (Å²) in [6, 6.07) is 17.4. The Labute approximate surface area is 211 Å². The van der Waals surface area contributed by atoms with E-state index in [9.17, 15) is 9.59 Å². The number of carbonyl (C=O) groups is 2. The molecule has 1 aliphatic rings. The maximum Gasteiger partial charge on any atom is 0.338 e. The number of fused-ring (bicyclic) bond motifs is 1. The minimum atomic E-state index is -0.932. The largest absolute Gasteiger partial charge is 0.452 e. The van der Waals surface area contributed by atoms with E-state index in [-0.39, 0.29) is 0 Å². The molecule has 1 aliphatic heterocycles. The molecule has 3 heterocycles. The van der Waals surface area contributed by atoms with Gasteiger partial charge in [-0.1, -0.05) is 43.3 Å². The maximum atomic E-state index is 13.1. The lowest BCUT2D eigenvalue weighted by Crippen LogP contribution is -2.39. The molecule has 36 heavy (non-hydrogen) atoms. The van der Waals surface area contributed by atoms with Crippen LogP contribution >= 0.6 is 11.8 Å². The van der Waals surface area contributed by atoms with E-state index in [0.717, 1.165) is 0 Å². The minimum Gasteiger partial charge on any atom is -0.452 e. The van der Waals surface area contributed by atoms with Gasteiger partial charge >= 0.3 is 11.9 Å². The lowest BCUT2D eigenvalue weighted by molar-refractivity contribution is -0.0487. The van der Waals surface area contributed by atoms with Gasteiger partial charge in [0.1, 0.15) is 16.6 Å². The summed E-state index contributed by atoms with van der Waals surface area (Å²) in [5, 5.41) is 8.89. The van der Waals surface area contributed by atoms with E-state index < -0.39 is 36.5 Å². The van der Waals surface area contributed by atoms with E-state index in [4.69, 9.17) is 14.2 Å². The summed E-state index contributed by atoms with van der Waals surface area (Å²) in [5.74, 6) is -1.06. The van der Waals surface area contributed by atoms with Gasteiger partial charge in [-0.3, -0.25) is 4.57 Å². The summed E-state index contributed by atoms with van der Waals surface area (Å²) in [7, 11) is 0. The van der Waals surface area contributed by atoms with Crippen LogP contribution in [0.15, 0.2) is 78.2 Å². The van der Waals surface area contributed by atoms with Gasteiger partial charge in [-0.05, 0) is 36.9 Å². The zero-order valence-electron chi connectivity index (χ0n) is 19.7. The first-order valence-corrected chi connectivity index (χ1v) is 12.7. The maximum absolute atomic E-state index is 13.1. The SMILES string of the molecule is CCC1OC(n2cnc3c(SC)nncc32)C(OC(=O)c2ccccc2)C1OC(=O)c1ccccc1. The third kappa shape index (κ3) is 4.57. The fourth-order valence-electron chi connectivity index (χ4n) is 4.25. The number of ether oxygens (including phenoxy) is 3. The van der Waals surface area contributed by atoms with Crippen molar-refractivity contribution >= 4 is 34.7 Å². The van der Waals surface area contributed by atoms with Crippen LogP contribution in [0.2, 0.25) is 0 Å². The molecule has 0 bridgehead atoms. The summed E-state index contributed by atoms with van der Waals surface area (Å²) < 4.78 is 20.0. The van der Waals surface area contributed by atoms with Gasteiger partial charge < -0.3 is 14.2 Å². The van der Waals surface area contributed by atoms with Crippen LogP contribution in [0.3, 0.4) is 0 Å². The normalized spacial score (nSPS) is 21.4.